The van der Waals surface area contributed by atoms with Crippen LogP contribution in [0.5, 0.6) is 0 Å². The largest absolute Gasteiger partial charge is 0.362 e. The second kappa shape index (κ2) is 11.2. The molecule has 0 unspecified atom stereocenters. The lowest BCUT2D eigenvalue weighted by Crippen LogP contribution is -2.37. The molecule has 1 aromatic heterocycles. The van der Waals surface area contributed by atoms with E-state index in [9.17, 15) is 0 Å². The highest BCUT2D eigenvalue weighted by molar-refractivity contribution is 7.98. The van der Waals surface area contributed by atoms with Gasteiger partial charge in [0.25, 0.3) is 0 Å². The molecule has 0 atom stereocenters. The second-order valence-electron chi connectivity index (χ2n) is 5.20. The van der Waals surface area contributed by atoms with Crippen LogP contribution in [0.4, 0.5) is 5.82 Å². The van der Waals surface area contributed by atoms with Crippen LogP contribution in [-0.4, -0.2) is 50.1 Å². The fourth-order valence-electron chi connectivity index (χ4n) is 2.04. The Labute approximate surface area is 139 Å². The highest BCUT2D eigenvalue weighted by atomic mass is 32.2. The van der Waals surface area contributed by atoms with E-state index in [2.05, 4.69) is 39.9 Å². The molecule has 2 N–H and O–H groups in total. The van der Waals surface area contributed by atoms with Gasteiger partial charge in [-0.1, -0.05) is 6.07 Å². The van der Waals surface area contributed by atoms with Crippen molar-refractivity contribution in [3.63, 3.8) is 0 Å². The number of nitrogens with zero attached hydrogens (tertiary/aromatic N) is 3. The molecule has 124 valence electrons. The van der Waals surface area contributed by atoms with Gasteiger partial charge in [0, 0.05) is 38.9 Å². The lowest BCUT2D eigenvalue weighted by molar-refractivity contribution is 0.734. The number of pyridine rings is 1. The fraction of sp³-hybridized carbons (Fsp3) is 0.625. The minimum Gasteiger partial charge on any atom is -0.362 e. The van der Waals surface area contributed by atoms with E-state index in [1.54, 1.807) is 0 Å². The number of unbranched alkanes of at least 4 members (excludes halogenated alkanes) is 1. The standard InChI is InChI=1S/C16H29N5S/c1-5-17-16(19-10-6-7-12-22-4)20-13-14-9-8-11-18-15(14)21(2)3/h8-9,11H,5-7,10,12-13H2,1-4H3,(H2,17,19,20). The number of thioether (sulfide) groups is 1. The third-order valence-corrected chi connectivity index (χ3v) is 3.81. The number of guanidine groups is 1. The van der Waals surface area contributed by atoms with Gasteiger partial charge in [0.15, 0.2) is 5.96 Å². The zero-order valence-electron chi connectivity index (χ0n) is 14.2. The van der Waals surface area contributed by atoms with Crippen molar-refractivity contribution in [3.05, 3.63) is 23.9 Å². The van der Waals surface area contributed by atoms with Crippen molar-refractivity contribution in [1.82, 2.24) is 15.6 Å². The zero-order valence-corrected chi connectivity index (χ0v) is 15.0. The lowest BCUT2D eigenvalue weighted by Gasteiger charge is -2.15. The second-order valence-corrected chi connectivity index (χ2v) is 6.19. The summed E-state index contributed by atoms with van der Waals surface area (Å²) in [5.41, 5.74) is 1.13. The molecule has 0 saturated heterocycles. The van der Waals surface area contributed by atoms with Crippen LogP contribution >= 0.6 is 11.8 Å². The van der Waals surface area contributed by atoms with Gasteiger partial charge in [-0.3, -0.25) is 0 Å². The summed E-state index contributed by atoms with van der Waals surface area (Å²) in [6.07, 6.45) is 6.37. The van der Waals surface area contributed by atoms with Crippen molar-refractivity contribution < 1.29 is 0 Å². The Bertz CT molecular complexity index is 448. The molecule has 0 aromatic carbocycles. The summed E-state index contributed by atoms with van der Waals surface area (Å²) in [5.74, 6) is 3.07. The van der Waals surface area contributed by atoms with E-state index in [0.29, 0.717) is 6.54 Å². The van der Waals surface area contributed by atoms with Crippen LogP contribution in [-0.2, 0) is 6.54 Å². The summed E-state index contributed by atoms with van der Waals surface area (Å²) in [6, 6.07) is 4.04. The van der Waals surface area contributed by atoms with Crippen molar-refractivity contribution in [2.24, 2.45) is 4.99 Å². The molecule has 5 nitrogen and oxygen atoms in total. The predicted octanol–water partition coefficient (Wildman–Crippen LogP) is 2.35. The van der Waals surface area contributed by atoms with E-state index in [4.69, 9.17) is 0 Å². The van der Waals surface area contributed by atoms with E-state index in [0.717, 1.165) is 30.4 Å². The smallest absolute Gasteiger partial charge is 0.191 e. The number of aliphatic imine (C=N–C) groups is 1. The molecule has 1 heterocycles. The highest BCUT2D eigenvalue weighted by Crippen LogP contribution is 2.15. The SMILES string of the molecule is CCNC(=NCc1cccnc1N(C)C)NCCCCSC. The van der Waals surface area contributed by atoms with Gasteiger partial charge in [-0.05, 0) is 37.8 Å². The molecule has 0 fully saturated rings. The van der Waals surface area contributed by atoms with Crippen LogP contribution in [0.1, 0.15) is 25.3 Å². The molecule has 0 spiro atoms. The monoisotopic (exact) mass is 323 g/mol. The van der Waals surface area contributed by atoms with Gasteiger partial charge in [0.2, 0.25) is 0 Å². The zero-order chi connectivity index (χ0) is 16.2. The van der Waals surface area contributed by atoms with E-state index >= 15 is 0 Å². The number of hydrogen-bond donors (Lipinski definition) is 2. The Balaban J connectivity index is 2.58. The molecule has 22 heavy (non-hydrogen) atoms. The van der Waals surface area contributed by atoms with E-state index < -0.39 is 0 Å². The van der Waals surface area contributed by atoms with Gasteiger partial charge < -0.3 is 15.5 Å². The molecule has 0 radical (unpaired) electrons. The number of aromatic nitrogens is 1. The number of anilines is 1. The topological polar surface area (TPSA) is 52.6 Å². The summed E-state index contributed by atoms with van der Waals surface area (Å²) >= 11 is 1.90. The van der Waals surface area contributed by atoms with Crippen molar-refractivity contribution in [2.45, 2.75) is 26.3 Å². The Morgan fingerprint density at radius 2 is 2.14 bits per heavy atom. The lowest BCUT2D eigenvalue weighted by atomic mass is 10.2. The number of rotatable bonds is 9. The molecule has 0 bridgehead atoms. The molecular weight excluding hydrogens is 294 g/mol. The van der Waals surface area contributed by atoms with E-state index in [-0.39, 0.29) is 0 Å². The molecule has 1 aromatic rings. The van der Waals surface area contributed by atoms with E-state index in [1.807, 2.05) is 43.0 Å². The normalized spacial score (nSPS) is 11.4. The summed E-state index contributed by atoms with van der Waals surface area (Å²) in [7, 11) is 4.01. The minimum atomic E-state index is 0.626. The minimum absolute atomic E-state index is 0.626. The van der Waals surface area contributed by atoms with Crippen LogP contribution in [0.25, 0.3) is 0 Å². The quantitative estimate of drug-likeness (QED) is 0.415. The third kappa shape index (κ3) is 7.02. The van der Waals surface area contributed by atoms with E-state index in [1.165, 1.54) is 18.6 Å². The molecule has 0 aliphatic rings. The van der Waals surface area contributed by atoms with Gasteiger partial charge in [-0.2, -0.15) is 11.8 Å². The fourth-order valence-corrected chi connectivity index (χ4v) is 2.53. The van der Waals surface area contributed by atoms with Crippen molar-refractivity contribution >= 4 is 23.5 Å². The van der Waals surface area contributed by atoms with Crippen LogP contribution in [0.3, 0.4) is 0 Å². The molecule has 0 amide bonds. The maximum Gasteiger partial charge on any atom is 0.191 e. The van der Waals surface area contributed by atoms with Crippen LogP contribution in [0, 0.1) is 0 Å². The first-order valence-corrected chi connectivity index (χ1v) is 9.20. The Morgan fingerprint density at radius 1 is 1.32 bits per heavy atom. The number of hydrogen-bond acceptors (Lipinski definition) is 4. The van der Waals surface area contributed by atoms with Crippen molar-refractivity contribution in [2.75, 3.05) is 44.1 Å². The predicted molar refractivity (Wildman–Crippen MR) is 99.0 cm³/mol. The average molecular weight is 324 g/mol. The average Bonchev–Trinajstić information content (AvgIpc) is 2.52. The van der Waals surface area contributed by atoms with Crippen molar-refractivity contribution in [3.8, 4) is 0 Å². The maximum absolute atomic E-state index is 4.67. The molecular formula is C16H29N5S. The molecule has 0 aliphatic heterocycles. The summed E-state index contributed by atoms with van der Waals surface area (Å²) in [6.45, 7) is 4.53. The molecule has 0 aliphatic carbocycles. The molecule has 0 saturated carbocycles. The highest BCUT2D eigenvalue weighted by Gasteiger charge is 2.05. The first-order chi connectivity index (χ1) is 10.7. The summed E-state index contributed by atoms with van der Waals surface area (Å²) in [4.78, 5) is 11.1. The Morgan fingerprint density at radius 3 is 2.82 bits per heavy atom. The third-order valence-electron chi connectivity index (χ3n) is 3.11. The van der Waals surface area contributed by atoms with Gasteiger partial charge >= 0.3 is 0 Å². The maximum atomic E-state index is 4.67. The molecule has 1 rings (SSSR count). The summed E-state index contributed by atoms with van der Waals surface area (Å²) in [5, 5.41) is 6.69. The van der Waals surface area contributed by atoms with Crippen molar-refractivity contribution in [1.29, 1.82) is 0 Å². The van der Waals surface area contributed by atoms with Crippen LogP contribution in [0.2, 0.25) is 0 Å². The van der Waals surface area contributed by atoms with Gasteiger partial charge in [-0.25, -0.2) is 9.98 Å². The first kappa shape index (κ1) is 18.6. The summed E-state index contributed by atoms with van der Waals surface area (Å²) < 4.78 is 0. The molecule has 6 heteroatoms. The number of nitrogens with one attached hydrogen (secondary N) is 2. The van der Waals surface area contributed by atoms with Gasteiger partial charge in [0.1, 0.15) is 5.82 Å². The Hall–Kier alpha value is -1.43. The van der Waals surface area contributed by atoms with Gasteiger partial charge in [0.05, 0.1) is 6.54 Å². The Kier molecular flexibility index (Phi) is 9.46. The first-order valence-electron chi connectivity index (χ1n) is 7.81. The van der Waals surface area contributed by atoms with Crippen LogP contribution in [0.15, 0.2) is 23.3 Å². The van der Waals surface area contributed by atoms with Gasteiger partial charge in [-0.15, -0.1) is 0 Å². The van der Waals surface area contributed by atoms with Crippen LogP contribution < -0.4 is 15.5 Å².